The van der Waals surface area contributed by atoms with Crippen molar-refractivity contribution in [2.45, 2.75) is 25.9 Å². The van der Waals surface area contributed by atoms with Gasteiger partial charge in [0.1, 0.15) is 18.0 Å². The second-order valence-electron chi connectivity index (χ2n) is 7.99. The van der Waals surface area contributed by atoms with Gasteiger partial charge in [-0.25, -0.2) is 4.79 Å². The highest BCUT2D eigenvalue weighted by Gasteiger charge is 2.18. The Morgan fingerprint density at radius 1 is 1.00 bits per heavy atom. The number of hydrogen-bond donors (Lipinski definition) is 2. The van der Waals surface area contributed by atoms with Gasteiger partial charge in [-0.3, -0.25) is 23.5 Å². The van der Waals surface area contributed by atoms with E-state index < -0.39 is 30.2 Å². The Morgan fingerprint density at radius 2 is 1.73 bits per heavy atom. The van der Waals surface area contributed by atoms with Gasteiger partial charge in [0.25, 0.3) is 5.56 Å². The van der Waals surface area contributed by atoms with E-state index in [1.807, 2.05) is 0 Å². The first-order valence-electron chi connectivity index (χ1n) is 11.4. The molecule has 1 heterocycles. The number of anilines is 1. The molecule has 1 amide bonds. The Hall–Kier alpha value is -3.67. The first kappa shape index (κ1) is 27.9. The van der Waals surface area contributed by atoms with Gasteiger partial charge in [0, 0.05) is 19.1 Å². The van der Waals surface area contributed by atoms with Crippen molar-refractivity contribution in [3.8, 4) is 11.5 Å². The zero-order valence-electron chi connectivity index (χ0n) is 20.5. The molecule has 12 heteroatoms. The molecule has 0 unspecified atom stereocenters. The number of carbonyl (C=O) groups excluding carboxylic acids is 2. The highest BCUT2D eigenvalue weighted by atomic mass is 35.5. The molecule has 1 aromatic heterocycles. The number of aliphatic hydroxyl groups excluding tert-OH is 1. The van der Waals surface area contributed by atoms with E-state index in [9.17, 15) is 19.2 Å². The van der Waals surface area contributed by atoms with E-state index >= 15 is 0 Å². The summed E-state index contributed by atoms with van der Waals surface area (Å²) < 4.78 is 17.6. The smallest absolute Gasteiger partial charge is 0.332 e. The van der Waals surface area contributed by atoms with Crippen molar-refractivity contribution in [1.29, 1.82) is 0 Å². The average molecular weight is 534 g/mol. The van der Waals surface area contributed by atoms with E-state index in [1.165, 1.54) is 32.4 Å². The van der Waals surface area contributed by atoms with Gasteiger partial charge in [-0.15, -0.1) is 0 Å². The van der Waals surface area contributed by atoms with Gasteiger partial charge >= 0.3 is 5.69 Å². The number of carbonyl (C=O) groups is 2. The Morgan fingerprint density at radius 3 is 2.43 bits per heavy atom. The van der Waals surface area contributed by atoms with E-state index in [0.29, 0.717) is 17.9 Å². The van der Waals surface area contributed by atoms with Crippen LogP contribution in [-0.2, 0) is 27.4 Å². The Labute approximate surface area is 217 Å². The topological polar surface area (TPSA) is 138 Å². The quantitative estimate of drug-likeness (QED) is 0.317. The molecular formula is C25H28ClN3O8. The second-order valence-corrected chi connectivity index (χ2v) is 8.40. The number of nitrogens with zero attached hydrogens (tertiary/aromatic N) is 2. The largest absolute Gasteiger partial charge is 0.495 e. The SMILES string of the molecule is COc1cc(OC)c(NC(=O)Cn2c(=O)n(CC(=O)CCCOCCO)c(=O)c3ccccc32)cc1Cl. The predicted octanol–water partition coefficient (Wildman–Crippen LogP) is 1.83. The first-order chi connectivity index (χ1) is 17.8. The van der Waals surface area contributed by atoms with Gasteiger partial charge in [-0.05, 0) is 24.6 Å². The number of ketones is 1. The van der Waals surface area contributed by atoms with Crippen LogP contribution in [0, 0.1) is 0 Å². The highest BCUT2D eigenvalue weighted by molar-refractivity contribution is 6.32. The Balaban J connectivity index is 1.89. The zero-order valence-corrected chi connectivity index (χ0v) is 21.2. The van der Waals surface area contributed by atoms with E-state index in [0.717, 1.165) is 9.13 Å². The molecular weight excluding hydrogens is 506 g/mol. The molecule has 0 saturated heterocycles. The minimum absolute atomic E-state index is 0.0860. The van der Waals surface area contributed by atoms with Crippen LogP contribution in [0.4, 0.5) is 5.69 Å². The van der Waals surface area contributed by atoms with E-state index in [1.54, 1.807) is 18.2 Å². The molecule has 0 spiro atoms. The number of aliphatic hydroxyl groups is 1. The number of Topliss-reactive ketones (excluding diaryl/α,β-unsaturated/α-hetero) is 1. The summed E-state index contributed by atoms with van der Waals surface area (Å²) in [6, 6.07) is 9.34. The lowest BCUT2D eigenvalue weighted by molar-refractivity contribution is -0.120. The molecule has 0 aliphatic rings. The third-order valence-electron chi connectivity index (χ3n) is 5.50. The molecule has 0 atom stereocenters. The minimum Gasteiger partial charge on any atom is -0.495 e. The molecule has 0 aliphatic carbocycles. The van der Waals surface area contributed by atoms with Crippen LogP contribution in [0.3, 0.4) is 0 Å². The van der Waals surface area contributed by atoms with Crippen molar-refractivity contribution in [3.05, 3.63) is 62.3 Å². The number of hydrogen-bond acceptors (Lipinski definition) is 8. The van der Waals surface area contributed by atoms with Crippen molar-refractivity contribution in [2.75, 3.05) is 39.4 Å². The van der Waals surface area contributed by atoms with Crippen molar-refractivity contribution < 1.29 is 28.9 Å². The fourth-order valence-electron chi connectivity index (χ4n) is 3.75. The normalized spacial score (nSPS) is 10.9. The maximum absolute atomic E-state index is 13.3. The number of fused-ring (bicyclic) bond motifs is 1. The van der Waals surface area contributed by atoms with Gasteiger partial charge in [-0.1, -0.05) is 23.7 Å². The van der Waals surface area contributed by atoms with Crippen LogP contribution in [0.1, 0.15) is 12.8 Å². The molecule has 11 nitrogen and oxygen atoms in total. The molecule has 0 aliphatic heterocycles. The van der Waals surface area contributed by atoms with Crippen LogP contribution in [0.5, 0.6) is 11.5 Å². The van der Waals surface area contributed by atoms with Crippen molar-refractivity contribution in [2.24, 2.45) is 0 Å². The number of benzene rings is 2. The lowest BCUT2D eigenvalue weighted by Gasteiger charge is -2.16. The maximum Gasteiger partial charge on any atom is 0.332 e. The third kappa shape index (κ3) is 6.76. The van der Waals surface area contributed by atoms with Crippen LogP contribution in [-0.4, -0.2) is 60.0 Å². The van der Waals surface area contributed by atoms with Crippen LogP contribution in [0.2, 0.25) is 5.02 Å². The number of rotatable bonds is 13. The van der Waals surface area contributed by atoms with Crippen LogP contribution < -0.4 is 26.0 Å². The van der Waals surface area contributed by atoms with Gasteiger partial charge in [0.2, 0.25) is 5.91 Å². The van der Waals surface area contributed by atoms with Gasteiger partial charge in [0.05, 0.1) is 55.6 Å². The van der Waals surface area contributed by atoms with E-state index in [2.05, 4.69) is 5.32 Å². The summed E-state index contributed by atoms with van der Waals surface area (Å²) in [4.78, 5) is 51.8. The molecule has 2 N–H and O–H groups in total. The van der Waals surface area contributed by atoms with Gasteiger partial charge < -0.3 is 24.6 Å². The summed E-state index contributed by atoms with van der Waals surface area (Å²) in [6.07, 6.45) is 0.465. The average Bonchev–Trinajstić information content (AvgIpc) is 2.89. The summed E-state index contributed by atoms with van der Waals surface area (Å²) in [5.74, 6) is -0.263. The molecule has 0 saturated carbocycles. The summed E-state index contributed by atoms with van der Waals surface area (Å²) in [7, 11) is 2.86. The van der Waals surface area contributed by atoms with Crippen molar-refractivity contribution >= 4 is 39.9 Å². The fraction of sp³-hybridized carbons (Fsp3) is 0.360. The van der Waals surface area contributed by atoms with Gasteiger partial charge in [-0.2, -0.15) is 0 Å². The molecule has 2 aromatic carbocycles. The van der Waals surface area contributed by atoms with E-state index in [4.69, 9.17) is 30.9 Å². The first-order valence-corrected chi connectivity index (χ1v) is 11.8. The van der Waals surface area contributed by atoms with Crippen molar-refractivity contribution in [3.63, 3.8) is 0 Å². The number of methoxy groups -OCH3 is 2. The van der Waals surface area contributed by atoms with Gasteiger partial charge in [0.15, 0.2) is 5.78 Å². The standard InChI is InChI=1S/C25H28ClN3O8/c1-35-21-13-22(36-2)19(12-18(21)26)27-23(32)15-28-20-8-4-3-7-17(20)24(33)29(25(28)34)14-16(31)6-5-10-37-11-9-30/h3-4,7-8,12-13,30H,5-6,9-11,14-15H2,1-2H3,(H,27,32). The molecule has 37 heavy (non-hydrogen) atoms. The fourth-order valence-corrected chi connectivity index (χ4v) is 3.99. The Bertz CT molecular complexity index is 1400. The summed E-state index contributed by atoms with van der Waals surface area (Å²) in [6.45, 7) is -0.560. The maximum atomic E-state index is 13.3. The van der Waals surface area contributed by atoms with Crippen LogP contribution >= 0.6 is 11.6 Å². The zero-order chi connectivity index (χ0) is 26.9. The molecule has 198 valence electrons. The monoisotopic (exact) mass is 533 g/mol. The summed E-state index contributed by atoms with van der Waals surface area (Å²) in [5.41, 5.74) is -0.884. The number of aromatic nitrogens is 2. The summed E-state index contributed by atoms with van der Waals surface area (Å²) >= 11 is 6.18. The van der Waals surface area contributed by atoms with Crippen molar-refractivity contribution in [1.82, 2.24) is 9.13 Å². The third-order valence-corrected chi connectivity index (χ3v) is 5.79. The van der Waals surface area contributed by atoms with Crippen LogP contribution in [0.25, 0.3) is 10.9 Å². The molecule has 3 rings (SSSR count). The second kappa shape index (κ2) is 13.0. The van der Waals surface area contributed by atoms with E-state index in [-0.39, 0.29) is 53.6 Å². The number of halogens is 1. The highest BCUT2D eigenvalue weighted by Crippen LogP contribution is 2.35. The minimum atomic E-state index is -0.788. The molecule has 0 fully saturated rings. The van der Waals surface area contributed by atoms with Crippen LogP contribution in [0.15, 0.2) is 46.0 Å². The molecule has 0 bridgehead atoms. The summed E-state index contributed by atoms with van der Waals surface area (Å²) in [5, 5.41) is 11.8. The lowest BCUT2D eigenvalue weighted by atomic mass is 10.2. The predicted molar refractivity (Wildman–Crippen MR) is 138 cm³/mol. The lowest BCUT2D eigenvalue weighted by Crippen LogP contribution is -2.43. The number of para-hydroxylation sites is 1. The molecule has 0 radical (unpaired) electrons. The number of ether oxygens (including phenoxy) is 3. The number of amides is 1. The Kier molecular flexibility index (Phi) is 9.84. The molecule has 3 aromatic rings. The number of nitrogens with one attached hydrogen (secondary N) is 1.